The van der Waals surface area contributed by atoms with Crippen molar-refractivity contribution in [3.8, 4) is 5.75 Å². The van der Waals surface area contributed by atoms with Crippen LogP contribution in [0.3, 0.4) is 0 Å². The standard InChI is InChI=1S/C9H10Cl2O3S/c1-14-8-3-2-7(11)6-9(8)15(12,13)5-4-10/h2-3,6H,4-5H2,1H3. The smallest absolute Gasteiger partial charge is 0.183 e. The molecule has 0 amide bonds. The third-order valence-corrected chi connectivity index (χ3v) is 4.19. The van der Waals surface area contributed by atoms with E-state index in [4.69, 9.17) is 27.9 Å². The van der Waals surface area contributed by atoms with Crippen LogP contribution in [0, 0.1) is 0 Å². The molecule has 84 valence electrons. The average molecular weight is 269 g/mol. The number of hydrogen-bond donors (Lipinski definition) is 0. The molecular formula is C9H10Cl2O3S. The molecule has 0 aliphatic rings. The van der Waals surface area contributed by atoms with Crippen molar-refractivity contribution in [3.63, 3.8) is 0 Å². The van der Waals surface area contributed by atoms with E-state index in [-0.39, 0.29) is 22.3 Å². The highest BCUT2D eigenvalue weighted by Gasteiger charge is 2.19. The van der Waals surface area contributed by atoms with E-state index in [9.17, 15) is 8.42 Å². The Morgan fingerprint density at radius 2 is 2.07 bits per heavy atom. The highest BCUT2D eigenvalue weighted by molar-refractivity contribution is 7.91. The van der Waals surface area contributed by atoms with Crippen molar-refractivity contribution in [2.45, 2.75) is 4.90 Å². The first-order chi connectivity index (χ1) is 7.01. The fraction of sp³-hybridized carbons (Fsp3) is 0.333. The van der Waals surface area contributed by atoms with E-state index in [0.717, 1.165) is 0 Å². The Morgan fingerprint density at radius 3 is 2.60 bits per heavy atom. The lowest BCUT2D eigenvalue weighted by Crippen LogP contribution is -2.09. The maximum absolute atomic E-state index is 11.7. The van der Waals surface area contributed by atoms with Crippen molar-refractivity contribution in [1.29, 1.82) is 0 Å². The van der Waals surface area contributed by atoms with Crippen LogP contribution in [-0.2, 0) is 9.84 Å². The predicted molar refractivity (Wildman–Crippen MR) is 60.8 cm³/mol. The highest BCUT2D eigenvalue weighted by Crippen LogP contribution is 2.27. The van der Waals surface area contributed by atoms with E-state index in [2.05, 4.69) is 0 Å². The lowest BCUT2D eigenvalue weighted by Gasteiger charge is -2.08. The summed E-state index contributed by atoms with van der Waals surface area (Å²) in [6, 6.07) is 4.45. The minimum Gasteiger partial charge on any atom is -0.495 e. The zero-order chi connectivity index (χ0) is 11.5. The number of halogens is 2. The summed E-state index contributed by atoms with van der Waals surface area (Å²) in [5.74, 6) is 0.188. The number of hydrogen-bond acceptors (Lipinski definition) is 3. The van der Waals surface area contributed by atoms with Gasteiger partial charge in [0.15, 0.2) is 9.84 Å². The zero-order valence-electron chi connectivity index (χ0n) is 8.04. The molecule has 3 nitrogen and oxygen atoms in total. The lowest BCUT2D eigenvalue weighted by atomic mass is 10.3. The first kappa shape index (κ1) is 12.6. The van der Waals surface area contributed by atoms with Crippen LogP contribution >= 0.6 is 23.2 Å². The van der Waals surface area contributed by atoms with Gasteiger partial charge in [-0.1, -0.05) is 11.6 Å². The van der Waals surface area contributed by atoms with Crippen LogP contribution in [0.5, 0.6) is 5.75 Å². The summed E-state index contributed by atoms with van der Waals surface area (Å²) >= 11 is 11.1. The Kier molecular flexibility index (Phi) is 4.25. The fourth-order valence-electron chi connectivity index (χ4n) is 1.11. The Morgan fingerprint density at radius 1 is 1.40 bits per heavy atom. The molecular weight excluding hydrogens is 259 g/mol. The molecule has 0 saturated heterocycles. The van der Waals surface area contributed by atoms with Gasteiger partial charge in [-0.2, -0.15) is 0 Å². The van der Waals surface area contributed by atoms with Gasteiger partial charge < -0.3 is 4.74 Å². The number of sulfone groups is 1. The zero-order valence-corrected chi connectivity index (χ0v) is 10.4. The minimum absolute atomic E-state index is 0.0397. The summed E-state index contributed by atoms with van der Waals surface area (Å²) in [5, 5.41) is 0.351. The van der Waals surface area contributed by atoms with Gasteiger partial charge in [-0.15, -0.1) is 11.6 Å². The molecule has 0 unspecified atom stereocenters. The van der Waals surface area contributed by atoms with E-state index in [1.54, 1.807) is 6.07 Å². The van der Waals surface area contributed by atoms with Gasteiger partial charge in [0.05, 0.1) is 12.9 Å². The molecule has 0 spiro atoms. The lowest BCUT2D eigenvalue weighted by molar-refractivity contribution is 0.403. The first-order valence-corrected chi connectivity index (χ1v) is 6.70. The summed E-state index contributed by atoms with van der Waals surface area (Å²) in [6.07, 6.45) is 0. The van der Waals surface area contributed by atoms with Crippen LogP contribution in [0.4, 0.5) is 0 Å². The molecule has 1 aromatic rings. The van der Waals surface area contributed by atoms with Gasteiger partial charge in [0.2, 0.25) is 0 Å². The average Bonchev–Trinajstić information content (AvgIpc) is 2.17. The van der Waals surface area contributed by atoms with E-state index < -0.39 is 9.84 Å². The van der Waals surface area contributed by atoms with Gasteiger partial charge in [-0.05, 0) is 18.2 Å². The molecule has 0 N–H and O–H groups in total. The molecule has 0 bridgehead atoms. The van der Waals surface area contributed by atoms with Gasteiger partial charge in [-0.3, -0.25) is 0 Å². The first-order valence-electron chi connectivity index (χ1n) is 4.13. The third kappa shape index (κ3) is 3.00. The van der Waals surface area contributed by atoms with Crippen molar-refractivity contribution in [2.24, 2.45) is 0 Å². The monoisotopic (exact) mass is 268 g/mol. The van der Waals surface area contributed by atoms with E-state index in [1.807, 2.05) is 0 Å². The molecule has 0 aromatic heterocycles. The van der Waals surface area contributed by atoms with Crippen molar-refractivity contribution >= 4 is 33.0 Å². The normalized spacial score (nSPS) is 11.4. The SMILES string of the molecule is COc1ccc(Cl)cc1S(=O)(=O)CCCl. The van der Waals surface area contributed by atoms with E-state index >= 15 is 0 Å². The van der Waals surface area contributed by atoms with Crippen LogP contribution in [0.2, 0.25) is 5.02 Å². The number of alkyl halides is 1. The molecule has 1 aromatic carbocycles. The van der Waals surface area contributed by atoms with E-state index in [1.165, 1.54) is 19.2 Å². The maximum Gasteiger partial charge on any atom is 0.183 e. The van der Waals surface area contributed by atoms with Crippen molar-refractivity contribution in [1.82, 2.24) is 0 Å². The van der Waals surface area contributed by atoms with Crippen LogP contribution < -0.4 is 4.74 Å². The second-order valence-electron chi connectivity index (χ2n) is 2.80. The molecule has 0 radical (unpaired) electrons. The molecule has 0 saturated carbocycles. The molecule has 0 fully saturated rings. The Balaban J connectivity index is 3.28. The molecule has 0 atom stereocenters. The molecule has 0 aliphatic carbocycles. The van der Waals surface area contributed by atoms with Gasteiger partial charge >= 0.3 is 0 Å². The number of benzene rings is 1. The fourth-order valence-corrected chi connectivity index (χ4v) is 3.14. The summed E-state index contributed by atoms with van der Waals surface area (Å²) in [5.41, 5.74) is 0. The molecule has 15 heavy (non-hydrogen) atoms. The number of ether oxygens (including phenoxy) is 1. The Bertz CT molecular complexity index is 443. The molecule has 1 rings (SSSR count). The van der Waals surface area contributed by atoms with Crippen LogP contribution in [-0.4, -0.2) is 27.2 Å². The summed E-state index contributed by atoms with van der Waals surface area (Å²) in [6.45, 7) is 0. The van der Waals surface area contributed by atoms with Gasteiger partial charge in [0, 0.05) is 10.9 Å². The van der Waals surface area contributed by atoms with Gasteiger partial charge in [0.25, 0.3) is 0 Å². The molecule has 0 aliphatic heterocycles. The van der Waals surface area contributed by atoms with Crippen molar-refractivity contribution in [2.75, 3.05) is 18.7 Å². The number of rotatable bonds is 4. The largest absolute Gasteiger partial charge is 0.495 e. The summed E-state index contributed by atoms with van der Waals surface area (Å²) in [4.78, 5) is 0.0816. The van der Waals surface area contributed by atoms with Crippen LogP contribution in [0.1, 0.15) is 0 Å². The van der Waals surface area contributed by atoms with Crippen molar-refractivity contribution < 1.29 is 13.2 Å². The maximum atomic E-state index is 11.7. The molecule has 6 heteroatoms. The predicted octanol–water partition coefficient (Wildman–Crippen LogP) is 2.36. The van der Waals surface area contributed by atoms with Crippen molar-refractivity contribution in [3.05, 3.63) is 23.2 Å². The third-order valence-electron chi connectivity index (χ3n) is 1.81. The Labute approximate surface area is 98.9 Å². The van der Waals surface area contributed by atoms with Crippen LogP contribution in [0.25, 0.3) is 0 Å². The topological polar surface area (TPSA) is 43.4 Å². The van der Waals surface area contributed by atoms with Crippen LogP contribution in [0.15, 0.2) is 23.1 Å². The quantitative estimate of drug-likeness (QED) is 0.788. The minimum atomic E-state index is -3.42. The van der Waals surface area contributed by atoms with Gasteiger partial charge in [-0.25, -0.2) is 8.42 Å². The second kappa shape index (κ2) is 5.05. The second-order valence-corrected chi connectivity index (χ2v) is 5.70. The molecule has 0 heterocycles. The van der Waals surface area contributed by atoms with Gasteiger partial charge in [0.1, 0.15) is 10.6 Å². The summed E-state index contributed by atoms with van der Waals surface area (Å²) < 4.78 is 28.4. The number of methoxy groups -OCH3 is 1. The Hall–Kier alpha value is -0.450. The van der Waals surface area contributed by atoms with E-state index in [0.29, 0.717) is 5.02 Å². The highest BCUT2D eigenvalue weighted by atomic mass is 35.5. The summed E-state index contributed by atoms with van der Waals surface area (Å²) in [7, 11) is -2.01.